The van der Waals surface area contributed by atoms with Crippen LogP contribution in [0.1, 0.15) is 30.5 Å². The van der Waals surface area contributed by atoms with Gasteiger partial charge in [-0.05, 0) is 139 Å². The van der Waals surface area contributed by atoms with Crippen LogP contribution in [0.2, 0.25) is 0 Å². The van der Waals surface area contributed by atoms with Crippen molar-refractivity contribution in [3.05, 3.63) is 241 Å². The molecule has 8 aromatic rings. The summed E-state index contributed by atoms with van der Waals surface area (Å²) < 4.78 is 0. The molecule has 274 valence electrons. The molecule has 8 aromatic carbocycles. The molecule has 0 saturated heterocycles. The number of hydrogen-bond acceptors (Lipinski definition) is 1. The Morgan fingerprint density at radius 1 is 0.362 bits per heavy atom. The fraction of sp³-hybridized carbons (Fsp3) is 0.0526. The van der Waals surface area contributed by atoms with E-state index in [4.69, 9.17) is 0 Å². The van der Waals surface area contributed by atoms with Gasteiger partial charge in [-0.2, -0.15) is 0 Å². The predicted octanol–water partition coefficient (Wildman–Crippen LogP) is 15.4. The molecule has 0 aromatic heterocycles. The molecule has 0 saturated carbocycles. The van der Waals surface area contributed by atoms with Gasteiger partial charge in [0.05, 0.1) is 0 Å². The van der Waals surface area contributed by atoms with Crippen molar-refractivity contribution in [2.24, 2.45) is 0 Å². The molecule has 1 heteroatoms. The van der Waals surface area contributed by atoms with Crippen molar-refractivity contribution < 1.29 is 0 Å². The molecule has 0 N–H and O–H groups in total. The Kier molecular flexibility index (Phi) is 8.82. The van der Waals surface area contributed by atoms with Gasteiger partial charge >= 0.3 is 0 Å². The highest BCUT2D eigenvalue weighted by Gasteiger charge is 2.35. The zero-order chi connectivity index (χ0) is 39.1. The minimum atomic E-state index is -0.0342. The highest BCUT2D eigenvalue weighted by molar-refractivity contribution is 5.90. The van der Waals surface area contributed by atoms with Gasteiger partial charge in [0.25, 0.3) is 0 Å². The molecule has 0 unspecified atom stereocenters. The van der Waals surface area contributed by atoms with Crippen molar-refractivity contribution in [3.8, 4) is 55.6 Å². The largest absolute Gasteiger partial charge is 0.310 e. The first kappa shape index (κ1) is 35.0. The lowest BCUT2D eigenvalue weighted by Gasteiger charge is -2.27. The molecule has 1 nitrogen and oxygen atoms in total. The molecule has 0 radical (unpaired) electrons. The van der Waals surface area contributed by atoms with E-state index in [1.807, 2.05) is 12.2 Å². The fourth-order valence-electron chi connectivity index (χ4n) is 8.72. The second-order valence-corrected chi connectivity index (χ2v) is 15.6. The minimum Gasteiger partial charge on any atom is -0.310 e. The second-order valence-electron chi connectivity index (χ2n) is 15.6. The van der Waals surface area contributed by atoms with Crippen LogP contribution in [0.4, 0.5) is 17.1 Å². The Hall–Kier alpha value is -7.40. The summed E-state index contributed by atoms with van der Waals surface area (Å²) in [5.74, 6) is 0. The van der Waals surface area contributed by atoms with Gasteiger partial charge in [0.15, 0.2) is 0 Å². The maximum Gasteiger partial charge on any atom is 0.0468 e. The Morgan fingerprint density at radius 2 is 0.862 bits per heavy atom. The van der Waals surface area contributed by atoms with E-state index in [-0.39, 0.29) is 5.41 Å². The van der Waals surface area contributed by atoms with Crippen LogP contribution in [0.25, 0.3) is 61.2 Å². The lowest BCUT2D eigenvalue weighted by atomic mass is 9.81. The van der Waals surface area contributed by atoms with E-state index in [9.17, 15) is 0 Å². The summed E-state index contributed by atoms with van der Waals surface area (Å²) in [4.78, 5) is 2.36. The van der Waals surface area contributed by atoms with Crippen LogP contribution in [0, 0.1) is 0 Å². The molecular weight excluding hydrogens is 699 g/mol. The average molecular weight is 740 g/mol. The van der Waals surface area contributed by atoms with Crippen molar-refractivity contribution in [3.63, 3.8) is 0 Å². The lowest BCUT2D eigenvalue weighted by molar-refractivity contribution is 0.660. The van der Waals surface area contributed by atoms with Gasteiger partial charge in [-0.3, -0.25) is 0 Å². The number of hydrogen-bond donors (Lipinski definition) is 0. The first-order valence-electron chi connectivity index (χ1n) is 20.0. The molecule has 0 spiro atoms. The maximum atomic E-state index is 3.10. The van der Waals surface area contributed by atoms with Crippen LogP contribution in [0.5, 0.6) is 0 Å². The number of nitrogens with zero attached hydrogens (tertiary/aromatic N) is 1. The molecule has 58 heavy (non-hydrogen) atoms. The summed E-state index contributed by atoms with van der Waals surface area (Å²) in [7, 11) is 0. The number of benzene rings is 8. The van der Waals surface area contributed by atoms with Gasteiger partial charge in [-0.25, -0.2) is 0 Å². The Bertz CT molecular complexity index is 2930. The number of anilines is 3. The predicted molar refractivity (Wildman–Crippen MR) is 245 cm³/mol. The first-order chi connectivity index (χ1) is 28.5. The third kappa shape index (κ3) is 6.36. The summed E-state index contributed by atoms with van der Waals surface area (Å²) in [5, 5.41) is 0. The third-order valence-corrected chi connectivity index (χ3v) is 11.8. The Morgan fingerprint density at radius 3 is 1.55 bits per heavy atom. The van der Waals surface area contributed by atoms with E-state index in [0.717, 1.165) is 28.2 Å². The maximum absolute atomic E-state index is 3.10. The SMILES string of the molecule is CC1(C)c2ccccc2-c2ccc(-c3ccc(-c4ccc(N(c5ccc(C6=CC=C=C=C6)cc5)c5ccc(-c6ccccc6)cc5)cc4-c4ccccc4)cc3)cc21. The van der Waals surface area contributed by atoms with Crippen molar-refractivity contribution in [2.75, 3.05) is 4.90 Å². The number of allylic oxidation sites excluding steroid dienone is 4. The first-order valence-corrected chi connectivity index (χ1v) is 20.0. The summed E-state index contributed by atoms with van der Waals surface area (Å²) in [6, 6.07) is 70.9. The smallest absolute Gasteiger partial charge is 0.0468 e. The van der Waals surface area contributed by atoms with Crippen LogP contribution in [0.3, 0.4) is 0 Å². The molecule has 10 rings (SSSR count). The molecule has 0 atom stereocenters. The standard InChI is InChI=1S/C57H41N/c1-57(2)55-21-13-12-20-52(55)53-36-30-47(38-56(53)57)44-22-24-46(25-23-44)51-37-35-50(39-54(51)45-18-10-5-11-19-45)58(48-31-26-42(27-32-48)40-14-6-3-7-15-40)49-33-28-43(29-34-49)41-16-8-4-9-17-41/h3,5-8,10-39H,1-2H3. The highest BCUT2D eigenvalue weighted by atomic mass is 15.1. The lowest BCUT2D eigenvalue weighted by Crippen LogP contribution is -2.14. The molecule has 0 bridgehead atoms. The van der Waals surface area contributed by atoms with Gasteiger partial charge in [0.1, 0.15) is 0 Å². The van der Waals surface area contributed by atoms with E-state index in [1.54, 1.807) is 0 Å². The molecule has 0 amide bonds. The Balaban J connectivity index is 1.04. The summed E-state index contributed by atoms with van der Waals surface area (Å²) in [6.45, 7) is 4.69. The van der Waals surface area contributed by atoms with E-state index in [2.05, 4.69) is 230 Å². The van der Waals surface area contributed by atoms with Crippen molar-refractivity contribution in [2.45, 2.75) is 19.3 Å². The van der Waals surface area contributed by atoms with Gasteiger partial charge in [-0.15, -0.1) is 0 Å². The van der Waals surface area contributed by atoms with Crippen molar-refractivity contribution in [1.29, 1.82) is 0 Å². The van der Waals surface area contributed by atoms with Gasteiger partial charge in [0.2, 0.25) is 0 Å². The quantitative estimate of drug-likeness (QED) is 0.140. The summed E-state index contributed by atoms with van der Waals surface area (Å²) >= 11 is 0. The third-order valence-electron chi connectivity index (χ3n) is 11.8. The normalized spacial score (nSPS) is 13.2. The van der Waals surface area contributed by atoms with E-state index in [0.29, 0.717) is 0 Å². The molecule has 0 fully saturated rings. The highest BCUT2D eigenvalue weighted by Crippen LogP contribution is 2.50. The van der Waals surface area contributed by atoms with Gasteiger partial charge < -0.3 is 4.90 Å². The van der Waals surface area contributed by atoms with E-state index in [1.165, 1.54) is 66.8 Å². The number of rotatable bonds is 8. The van der Waals surface area contributed by atoms with Crippen LogP contribution < -0.4 is 4.90 Å². The minimum absolute atomic E-state index is 0.0342. The topological polar surface area (TPSA) is 3.24 Å². The summed E-state index contributed by atoms with van der Waals surface area (Å²) in [5.41, 5.74) is 26.7. The van der Waals surface area contributed by atoms with Crippen LogP contribution in [-0.2, 0) is 5.41 Å². The average Bonchev–Trinajstić information content (AvgIpc) is 3.53. The van der Waals surface area contributed by atoms with Crippen molar-refractivity contribution in [1.82, 2.24) is 0 Å². The van der Waals surface area contributed by atoms with E-state index < -0.39 is 0 Å². The van der Waals surface area contributed by atoms with Crippen LogP contribution in [0.15, 0.2) is 224 Å². The fourth-order valence-corrected chi connectivity index (χ4v) is 8.72. The van der Waals surface area contributed by atoms with Crippen LogP contribution in [-0.4, -0.2) is 0 Å². The molecule has 2 aliphatic carbocycles. The molecular formula is C57H41N. The number of fused-ring (bicyclic) bond motifs is 3. The van der Waals surface area contributed by atoms with E-state index >= 15 is 0 Å². The zero-order valence-corrected chi connectivity index (χ0v) is 32.7. The summed E-state index contributed by atoms with van der Waals surface area (Å²) in [6.07, 6.45) is 5.98. The molecule has 0 heterocycles. The van der Waals surface area contributed by atoms with Gasteiger partial charge in [-0.1, -0.05) is 177 Å². The Labute approximate surface area is 341 Å². The van der Waals surface area contributed by atoms with Crippen molar-refractivity contribution >= 4 is 22.6 Å². The molecule has 0 aliphatic heterocycles. The second kappa shape index (κ2) is 14.6. The molecule has 2 aliphatic rings. The van der Waals surface area contributed by atoms with Crippen LogP contribution >= 0.6 is 0 Å². The zero-order valence-electron chi connectivity index (χ0n) is 32.7. The van der Waals surface area contributed by atoms with Gasteiger partial charge in [0, 0.05) is 22.5 Å². The monoisotopic (exact) mass is 739 g/mol.